The number of ether oxygens (including phenoxy) is 1. The molecule has 0 aliphatic carbocycles. The number of carbonyl (C=O) groups excluding carboxylic acids is 17. The number of unbranched alkanes of at least 4 members (excludes halogenated alkanes) is 3. The Morgan fingerprint density at radius 1 is 0.364 bits per heavy atom. The Labute approximate surface area is 778 Å². The van der Waals surface area contributed by atoms with Gasteiger partial charge in [0.1, 0.15) is 103 Å². The number of nitrogens with one attached hydrogen (secondary N) is 16. The quantitative estimate of drug-likeness (QED) is 0.0126. The van der Waals surface area contributed by atoms with Crippen LogP contribution in [0.25, 0.3) is 0 Å². The summed E-state index contributed by atoms with van der Waals surface area (Å²) >= 11 is 0. The van der Waals surface area contributed by atoms with Crippen molar-refractivity contribution in [3.63, 3.8) is 0 Å². The van der Waals surface area contributed by atoms with E-state index in [0.29, 0.717) is 32.1 Å². The summed E-state index contributed by atoms with van der Waals surface area (Å²) in [7, 11) is 0. The number of guanidine groups is 1. The van der Waals surface area contributed by atoms with Crippen LogP contribution < -0.4 is 114 Å². The van der Waals surface area contributed by atoms with Gasteiger partial charge in [-0.05, 0) is 202 Å². The summed E-state index contributed by atoms with van der Waals surface area (Å²) < 4.78 is 5.94. The van der Waals surface area contributed by atoms with Crippen molar-refractivity contribution < 1.29 is 102 Å². The highest BCUT2D eigenvalue weighted by atomic mass is 16.5. The van der Waals surface area contributed by atoms with Gasteiger partial charge in [0.2, 0.25) is 88.6 Å². The Morgan fingerprint density at radius 2 is 0.682 bits per heavy atom. The van der Waals surface area contributed by atoms with Crippen molar-refractivity contribution in [1.82, 2.24) is 85.1 Å². The second-order valence-electron chi connectivity index (χ2n) is 38.1. The molecule has 18 atom stereocenters. The van der Waals surface area contributed by atoms with Crippen molar-refractivity contribution in [3.8, 4) is 0 Å². The first kappa shape index (κ1) is 120. The minimum Gasteiger partial charge on any atom is -0.458 e. The Kier molecular flexibility index (Phi) is 56.8. The molecule has 1 fully saturated rings. The van der Waals surface area contributed by atoms with Crippen molar-refractivity contribution in [3.05, 3.63) is 0 Å². The summed E-state index contributed by atoms with van der Waals surface area (Å²) in [5.74, 6) is -18.6. The van der Waals surface area contributed by atoms with Gasteiger partial charge in [0, 0.05) is 6.54 Å². The fraction of sp³-hybridized carbons (Fsp3) is 0.798. The van der Waals surface area contributed by atoms with Crippen molar-refractivity contribution in [2.45, 2.75) is 363 Å². The molecule has 0 bridgehead atoms. The molecular weight excluding hydrogens is 1710 g/mol. The van der Waals surface area contributed by atoms with Gasteiger partial charge in [-0.15, -0.1) is 0 Å². The van der Waals surface area contributed by atoms with Crippen LogP contribution in [0.3, 0.4) is 0 Å². The van der Waals surface area contributed by atoms with E-state index in [1.165, 1.54) is 13.8 Å². The minimum atomic E-state index is -1.84. The van der Waals surface area contributed by atoms with Gasteiger partial charge in [0.25, 0.3) is 5.91 Å². The predicted molar refractivity (Wildman–Crippen MR) is 497 cm³/mol. The monoisotopic (exact) mass is 1880 g/mol. The second-order valence-corrected chi connectivity index (χ2v) is 38.1. The van der Waals surface area contributed by atoms with Crippen molar-refractivity contribution in [2.75, 3.05) is 39.4 Å². The van der Waals surface area contributed by atoms with Crippen LogP contribution in [0.1, 0.15) is 254 Å². The molecule has 1 saturated heterocycles. The third-order valence-corrected chi connectivity index (χ3v) is 21.6. The zero-order valence-corrected chi connectivity index (χ0v) is 81.6. The summed E-state index contributed by atoms with van der Waals surface area (Å²) in [6, 6.07) is -22.6. The van der Waals surface area contributed by atoms with E-state index >= 15 is 4.79 Å². The molecular formula is C89H164N22O21. The third kappa shape index (κ3) is 46.1. The summed E-state index contributed by atoms with van der Waals surface area (Å²) in [6.07, 6.45) is -1.33. The lowest BCUT2D eigenvalue weighted by Gasteiger charge is -2.32. The first-order valence-corrected chi connectivity index (χ1v) is 46.9. The maximum atomic E-state index is 15.0. The second kappa shape index (κ2) is 62.5. The molecule has 43 nitrogen and oxygen atoms in total. The van der Waals surface area contributed by atoms with E-state index in [-0.39, 0.29) is 157 Å². The SMILES string of the molecule is CC(C)C[C@H](NC(=O)[C@H](O)CO)C(=O)N[C@H](C)C(=O)N[C@H](CC(C)C)C(=O)N[C@H](CC(C)C)C(=O)N[C@@H](C(=O)N[C@H](CCCN=C(N)N)C(=O)N[C@@H](CC(C)C)C(=O)N[C@H](CC(C)C)C(=O)N[C@@H](C(=O)N[C@@H](CCCCN)C(=O)N[C@H](CC(C)C)C(=O)N[C@@H]1C(=O)N[C@@H](CC(C)C)C(=O)N[C@H](CO)C(=O)N[C@@H](CCCCN)C(=O)N[C@@H](CCCCN)C(=O)O[C@@H]1C)C(C)C)C(C)C. The number of aliphatic hydroxyl groups excluding tert-OH is 3. The molecule has 0 saturated carbocycles. The standard InChI is InChI=1S/C89H164N22O21/c1-45(2)36-60(106-84(127)68(114)44-113)76(119)96-54(19)72(115)101-61(37-46(3)4)77(120)104-64(40-49(9)10)80(123)110-70(53(17)18)86(129)99-58(31-27-35-95-89(93)94)75(118)102-62(38-47(5)6)78(121)105-65(41-50(11)12)81(124)109-69(52(15)16)85(128)98-57(29-22-25-33-91)74(117)103-66(42-51(13)14)82(125)111-71-55(20)132-88(131)59(30-23-26-34-92)100-73(116)56(28-21-24-32-90)97-83(126)67(43-112)108-79(122)63(39-48(7)8)107-87(71)130/h45-71,112-114H,21-44,90-92H2,1-20H3,(H,96,119)(H,97,126)(H,98,128)(H,99,129)(H,100,116)(H,101,115)(H,102,118)(H,103,117)(H,104,120)(H,105,121)(H,106,127)(H,107,130)(H,108,122)(H,109,124)(H,110,123)(H,111,125)(H4,93,94,95)/t54-,55-,56+,57+,58-,59+,60+,61-,62+,63+,64-,65-,66-,67-,68-,69-,70-,71+/m1/s1. The van der Waals surface area contributed by atoms with E-state index in [0.717, 1.165) is 0 Å². The van der Waals surface area contributed by atoms with Gasteiger partial charge in [0.15, 0.2) is 12.1 Å². The normalized spacial score (nSPS) is 19.2. The minimum absolute atomic E-state index is 0.0147. The molecule has 0 aromatic rings. The van der Waals surface area contributed by atoms with Crippen LogP contribution in [0.5, 0.6) is 0 Å². The van der Waals surface area contributed by atoms with E-state index in [1.807, 2.05) is 0 Å². The number of rotatable bonds is 58. The highest BCUT2D eigenvalue weighted by Crippen LogP contribution is 2.20. The summed E-state index contributed by atoms with van der Waals surface area (Å²) in [5.41, 5.74) is 28.8. The number of aliphatic imine (C=N–C) groups is 1. The van der Waals surface area contributed by atoms with Gasteiger partial charge in [-0.1, -0.05) is 125 Å². The van der Waals surface area contributed by atoms with Crippen molar-refractivity contribution in [1.29, 1.82) is 0 Å². The molecule has 0 spiro atoms. The molecule has 0 radical (unpaired) electrons. The Bertz CT molecular complexity index is 3710. The molecule has 43 heteroatoms. The average molecular weight is 1880 g/mol. The number of nitrogens with two attached hydrogens (primary N) is 5. The molecule has 132 heavy (non-hydrogen) atoms. The molecule has 0 aromatic carbocycles. The van der Waals surface area contributed by atoms with E-state index in [2.05, 4.69) is 90.1 Å². The maximum Gasteiger partial charge on any atom is 0.328 e. The zero-order chi connectivity index (χ0) is 101. The Hall–Kier alpha value is -9.98. The average Bonchev–Trinajstić information content (AvgIpc) is 0.833. The number of esters is 1. The fourth-order valence-corrected chi connectivity index (χ4v) is 14.4. The van der Waals surface area contributed by atoms with E-state index in [1.54, 1.807) is 125 Å². The van der Waals surface area contributed by atoms with Gasteiger partial charge in [-0.25, -0.2) is 4.79 Å². The lowest BCUT2D eigenvalue weighted by atomic mass is 9.97. The van der Waals surface area contributed by atoms with Crippen LogP contribution in [0.4, 0.5) is 0 Å². The zero-order valence-electron chi connectivity index (χ0n) is 81.6. The number of amides is 16. The van der Waals surface area contributed by atoms with Crippen molar-refractivity contribution >= 4 is 106 Å². The van der Waals surface area contributed by atoms with Crippen LogP contribution in [0.2, 0.25) is 0 Å². The number of cyclic esters (lactones) is 1. The highest BCUT2D eigenvalue weighted by molar-refractivity contribution is 6.01. The number of nitrogens with zero attached hydrogens (tertiary/aromatic N) is 1. The molecule has 0 aromatic heterocycles. The fourth-order valence-electron chi connectivity index (χ4n) is 14.4. The van der Waals surface area contributed by atoms with Gasteiger partial charge in [0.05, 0.1) is 13.2 Å². The molecule has 16 amide bonds. The third-order valence-electron chi connectivity index (χ3n) is 21.6. The van der Waals surface area contributed by atoms with Crippen molar-refractivity contribution in [2.24, 2.45) is 86.9 Å². The largest absolute Gasteiger partial charge is 0.458 e. The number of hydrogen-bond donors (Lipinski definition) is 24. The first-order chi connectivity index (χ1) is 61.7. The topological polar surface area (TPSA) is 695 Å². The highest BCUT2D eigenvalue weighted by Gasteiger charge is 2.43. The van der Waals surface area contributed by atoms with Crippen LogP contribution in [-0.2, 0) is 86.2 Å². The molecule has 1 aliphatic rings. The van der Waals surface area contributed by atoms with Gasteiger partial charge in [-0.2, -0.15) is 0 Å². The number of aliphatic hydroxyl groups is 3. The van der Waals surface area contributed by atoms with Crippen LogP contribution in [0, 0.1) is 53.3 Å². The molecule has 756 valence electrons. The van der Waals surface area contributed by atoms with Gasteiger partial charge < -0.3 is 134 Å². The smallest absolute Gasteiger partial charge is 0.328 e. The van der Waals surface area contributed by atoms with E-state index in [4.69, 9.17) is 33.4 Å². The van der Waals surface area contributed by atoms with Gasteiger partial charge in [-0.3, -0.25) is 81.7 Å². The van der Waals surface area contributed by atoms with Crippen LogP contribution in [-0.4, -0.2) is 270 Å². The van der Waals surface area contributed by atoms with Crippen LogP contribution in [0.15, 0.2) is 4.99 Å². The van der Waals surface area contributed by atoms with E-state index < -0.39 is 234 Å². The number of hydrogen-bond acceptors (Lipinski definition) is 25. The molecule has 1 heterocycles. The Morgan fingerprint density at radius 3 is 1.06 bits per heavy atom. The lowest BCUT2D eigenvalue weighted by Crippen LogP contribution is -2.63. The predicted octanol–water partition coefficient (Wildman–Crippen LogP) is -2.87. The number of carbonyl (C=O) groups is 17. The summed E-state index contributed by atoms with van der Waals surface area (Å²) in [6.45, 7) is 32.8. The molecule has 29 N–H and O–H groups in total. The van der Waals surface area contributed by atoms with E-state index in [9.17, 15) is 92.0 Å². The lowest BCUT2D eigenvalue weighted by molar-refractivity contribution is -0.156. The Balaban J connectivity index is 3.88. The summed E-state index contributed by atoms with van der Waals surface area (Å²) in [4.78, 5) is 248. The molecule has 0 unspecified atom stereocenters. The summed E-state index contributed by atoms with van der Waals surface area (Å²) in [5, 5.41) is 72.2. The first-order valence-electron chi connectivity index (χ1n) is 46.9. The van der Waals surface area contributed by atoms with Crippen LogP contribution >= 0.6 is 0 Å². The molecule has 1 rings (SSSR count). The van der Waals surface area contributed by atoms with Gasteiger partial charge >= 0.3 is 5.97 Å². The molecule has 1 aliphatic heterocycles. The maximum absolute atomic E-state index is 15.0.